The number of carboxylic acids is 1. The van der Waals surface area contributed by atoms with Crippen molar-refractivity contribution in [3.05, 3.63) is 53.9 Å². The maximum absolute atomic E-state index is 11.5. The van der Waals surface area contributed by atoms with Gasteiger partial charge in [-0.3, -0.25) is 0 Å². The summed E-state index contributed by atoms with van der Waals surface area (Å²) in [5, 5.41) is 22.5. The van der Waals surface area contributed by atoms with Gasteiger partial charge in [0.2, 0.25) is 5.88 Å². The van der Waals surface area contributed by atoms with E-state index in [0.29, 0.717) is 17.1 Å². The molecule has 9 nitrogen and oxygen atoms in total. The number of nitrogens with one attached hydrogen (secondary N) is 1. The number of hydrogen-bond acceptors (Lipinski definition) is 8. The zero-order chi connectivity index (χ0) is 18.1. The smallest absolute Gasteiger partial charge is 0.345 e. The molecule has 0 atom stereocenters. The average Bonchev–Trinajstić information content (AvgIpc) is 3.18. The first-order valence-corrected chi connectivity index (χ1v) is 7.45. The molecule has 1 aliphatic rings. The number of nitrogens with zero attached hydrogens (tertiary/aromatic N) is 4. The summed E-state index contributed by atoms with van der Waals surface area (Å²) in [6, 6.07) is 3.58. The summed E-state index contributed by atoms with van der Waals surface area (Å²) in [4.78, 5) is 27.5. The van der Waals surface area contributed by atoms with E-state index in [0.717, 1.165) is 5.56 Å². The topological polar surface area (TPSA) is 134 Å². The molecular formula is C17H11N5O4. The van der Waals surface area contributed by atoms with Crippen molar-refractivity contribution >= 4 is 41.2 Å². The quantitative estimate of drug-likeness (QED) is 0.654. The third-order valence-electron chi connectivity index (χ3n) is 3.65. The van der Waals surface area contributed by atoms with E-state index in [1.807, 2.05) is 6.07 Å². The molecule has 3 N–H and O–H groups in total. The number of fused-ring (bicyclic) bond motifs is 1. The highest BCUT2D eigenvalue weighted by Crippen LogP contribution is 2.38. The molecule has 3 aromatic rings. The standard InChI is InChI=1S/C17H11N5O4/c23-14-12(4-9-5-21-15-11(9)2-1-3-20-15)26-16(13(14)17(24)25)22-10-6-18-8-19-7-10/h1-8,22-23H,(H,24,25). The summed E-state index contributed by atoms with van der Waals surface area (Å²) in [6.45, 7) is 0. The Balaban J connectivity index is 1.77. The molecule has 0 aromatic carbocycles. The van der Waals surface area contributed by atoms with Crippen molar-refractivity contribution in [3.8, 4) is 5.75 Å². The van der Waals surface area contributed by atoms with Crippen molar-refractivity contribution < 1.29 is 19.4 Å². The van der Waals surface area contributed by atoms with Crippen molar-refractivity contribution in [1.82, 2.24) is 15.0 Å². The Morgan fingerprint density at radius 2 is 2.08 bits per heavy atom. The molecule has 0 spiro atoms. The molecule has 0 radical (unpaired) electrons. The van der Waals surface area contributed by atoms with Crippen LogP contribution in [0.15, 0.2) is 46.5 Å². The van der Waals surface area contributed by atoms with Crippen molar-refractivity contribution in [1.29, 1.82) is 0 Å². The van der Waals surface area contributed by atoms with Gasteiger partial charge < -0.3 is 19.9 Å². The van der Waals surface area contributed by atoms with Crippen LogP contribution in [0.2, 0.25) is 0 Å². The van der Waals surface area contributed by atoms with Gasteiger partial charge in [0, 0.05) is 23.5 Å². The summed E-state index contributed by atoms with van der Waals surface area (Å²) < 4.78 is 5.53. The van der Waals surface area contributed by atoms with Crippen LogP contribution in [0.4, 0.5) is 17.4 Å². The first-order chi connectivity index (χ1) is 12.6. The van der Waals surface area contributed by atoms with Gasteiger partial charge in [0.1, 0.15) is 6.33 Å². The van der Waals surface area contributed by atoms with E-state index < -0.39 is 11.7 Å². The number of rotatable bonds is 4. The van der Waals surface area contributed by atoms with Crippen LogP contribution in [0, 0.1) is 0 Å². The Morgan fingerprint density at radius 3 is 2.85 bits per heavy atom. The first kappa shape index (κ1) is 15.5. The number of carboxylic acid groups (broad SMARTS) is 1. The van der Waals surface area contributed by atoms with E-state index in [9.17, 15) is 15.0 Å². The predicted molar refractivity (Wildman–Crippen MR) is 92.9 cm³/mol. The van der Waals surface area contributed by atoms with Crippen LogP contribution >= 0.6 is 0 Å². The molecule has 0 bridgehead atoms. The molecule has 9 heteroatoms. The molecule has 4 rings (SSSR count). The highest BCUT2D eigenvalue weighted by atomic mass is 16.4. The van der Waals surface area contributed by atoms with E-state index in [2.05, 4.69) is 25.3 Å². The molecule has 4 heterocycles. The van der Waals surface area contributed by atoms with E-state index in [1.54, 1.807) is 18.5 Å². The van der Waals surface area contributed by atoms with E-state index in [-0.39, 0.29) is 17.2 Å². The van der Waals surface area contributed by atoms with Gasteiger partial charge in [-0.2, -0.15) is 0 Å². The Kier molecular flexibility index (Phi) is 3.66. The zero-order valence-electron chi connectivity index (χ0n) is 13.1. The number of allylic oxidation sites excluding steroid dienone is 1. The van der Waals surface area contributed by atoms with Gasteiger partial charge in [-0.1, -0.05) is 0 Å². The number of pyridine rings is 1. The van der Waals surface area contributed by atoms with Crippen LogP contribution < -0.4 is 5.32 Å². The number of anilines is 2. The van der Waals surface area contributed by atoms with Gasteiger partial charge in [-0.15, -0.1) is 0 Å². The maximum atomic E-state index is 11.5. The van der Waals surface area contributed by atoms with Crippen LogP contribution in [-0.4, -0.2) is 37.3 Å². The summed E-state index contributed by atoms with van der Waals surface area (Å²) in [5.41, 5.74) is 1.43. The molecule has 0 fully saturated rings. The number of aliphatic imine (C=N–C) groups is 1. The Bertz CT molecular complexity index is 1060. The Morgan fingerprint density at radius 1 is 1.27 bits per heavy atom. The number of aromatic nitrogens is 3. The summed E-state index contributed by atoms with van der Waals surface area (Å²) in [6.07, 6.45) is 8.92. The minimum absolute atomic E-state index is 0.0140. The number of carbonyl (C=O) groups is 1. The molecule has 128 valence electrons. The lowest BCUT2D eigenvalue weighted by Gasteiger charge is -2.02. The minimum Gasteiger partial charge on any atom is -0.504 e. The van der Waals surface area contributed by atoms with Gasteiger partial charge in [0.15, 0.2) is 22.9 Å². The number of furan rings is 1. The second-order valence-corrected chi connectivity index (χ2v) is 5.31. The highest BCUT2D eigenvalue weighted by molar-refractivity contribution is 6.21. The van der Waals surface area contributed by atoms with Crippen LogP contribution in [0.1, 0.15) is 21.7 Å². The van der Waals surface area contributed by atoms with Gasteiger partial charge in [-0.05, 0) is 18.2 Å². The molecule has 0 amide bonds. The van der Waals surface area contributed by atoms with Crippen molar-refractivity contribution in [2.45, 2.75) is 0 Å². The van der Waals surface area contributed by atoms with Crippen LogP contribution in [0.25, 0.3) is 11.6 Å². The third kappa shape index (κ3) is 2.67. The molecule has 0 aliphatic carbocycles. The summed E-state index contributed by atoms with van der Waals surface area (Å²) in [7, 11) is 0. The zero-order valence-corrected chi connectivity index (χ0v) is 13.1. The van der Waals surface area contributed by atoms with Crippen LogP contribution in [-0.2, 0) is 0 Å². The normalized spacial score (nSPS) is 13.8. The average molecular weight is 349 g/mol. The second kappa shape index (κ2) is 6.13. The van der Waals surface area contributed by atoms with E-state index in [1.165, 1.54) is 24.8 Å². The molecule has 0 saturated heterocycles. The van der Waals surface area contributed by atoms with E-state index in [4.69, 9.17) is 4.42 Å². The highest BCUT2D eigenvalue weighted by Gasteiger charge is 2.26. The largest absolute Gasteiger partial charge is 0.504 e. The Hall–Kier alpha value is -4.01. The molecule has 0 unspecified atom stereocenters. The summed E-state index contributed by atoms with van der Waals surface area (Å²) in [5.74, 6) is -1.42. The number of aromatic carboxylic acids is 1. The molecule has 1 aliphatic heterocycles. The van der Waals surface area contributed by atoms with Crippen LogP contribution in [0.5, 0.6) is 5.75 Å². The maximum Gasteiger partial charge on any atom is 0.345 e. The monoisotopic (exact) mass is 349 g/mol. The van der Waals surface area contributed by atoms with Gasteiger partial charge in [-0.25, -0.2) is 24.7 Å². The fourth-order valence-electron chi connectivity index (χ4n) is 2.50. The lowest BCUT2D eigenvalue weighted by atomic mass is 10.1. The van der Waals surface area contributed by atoms with Crippen molar-refractivity contribution in [2.24, 2.45) is 4.99 Å². The third-order valence-corrected chi connectivity index (χ3v) is 3.65. The molecule has 0 saturated carbocycles. The van der Waals surface area contributed by atoms with Gasteiger partial charge in [0.05, 0.1) is 18.1 Å². The number of hydrogen-bond donors (Lipinski definition) is 3. The van der Waals surface area contributed by atoms with Crippen molar-refractivity contribution in [2.75, 3.05) is 5.32 Å². The van der Waals surface area contributed by atoms with Gasteiger partial charge >= 0.3 is 5.97 Å². The molecule has 26 heavy (non-hydrogen) atoms. The van der Waals surface area contributed by atoms with Gasteiger partial charge in [0.25, 0.3) is 0 Å². The van der Waals surface area contributed by atoms with E-state index >= 15 is 0 Å². The predicted octanol–water partition coefficient (Wildman–Crippen LogP) is 2.87. The first-order valence-electron chi connectivity index (χ1n) is 7.45. The van der Waals surface area contributed by atoms with Crippen LogP contribution in [0.3, 0.4) is 0 Å². The fraction of sp³-hybridized carbons (Fsp3) is 0. The molecule has 3 aromatic heterocycles. The number of aromatic hydroxyl groups is 1. The molecular weight excluding hydrogens is 338 g/mol. The second-order valence-electron chi connectivity index (χ2n) is 5.31. The fourth-order valence-corrected chi connectivity index (χ4v) is 2.50. The lowest BCUT2D eigenvalue weighted by molar-refractivity contribution is 0.0695. The Labute approximate surface area is 146 Å². The summed E-state index contributed by atoms with van der Waals surface area (Å²) >= 11 is 0. The SMILES string of the molecule is O=C(O)c1c(Nc2cncnc2)oc(C=C2C=Nc3ncccc32)c1O. The lowest BCUT2D eigenvalue weighted by Crippen LogP contribution is -2.00. The van der Waals surface area contributed by atoms with Crippen molar-refractivity contribution in [3.63, 3.8) is 0 Å². The minimum atomic E-state index is -1.34.